The molecular formula is C28H25Cl2F4N3O2. The van der Waals surface area contributed by atoms with Crippen LogP contribution < -0.4 is 5.32 Å². The van der Waals surface area contributed by atoms with Crippen molar-refractivity contribution in [1.29, 1.82) is 0 Å². The summed E-state index contributed by atoms with van der Waals surface area (Å²) in [6.45, 7) is 2.21. The van der Waals surface area contributed by atoms with Crippen LogP contribution in [0.5, 0.6) is 0 Å². The maximum Gasteiger partial charge on any atom is 0.419 e. The highest BCUT2D eigenvalue weighted by atomic mass is 35.5. The molecule has 0 radical (unpaired) electrons. The summed E-state index contributed by atoms with van der Waals surface area (Å²) in [7, 11) is 1.78. The van der Waals surface area contributed by atoms with Crippen LogP contribution in [0.15, 0.2) is 60.7 Å². The Bertz CT molecular complexity index is 1380. The minimum Gasteiger partial charge on any atom is -0.336 e. The van der Waals surface area contributed by atoms with Crippen LogP contribution >= 0.6 is 23.2 Å². The number of anilines is 1. The fourth-order valence-corrected chi connectivity index (χ4v) is 5.15. The van der Waals surface area contributed by atoms with Crippen molar-refractivity contribution in [3.8, 4) is 0 Å². The molecule has 1 N–H and O–H groups in total. The lowest BCUT2D eigenvalue weighted by atomic mass is 9.93. The fourth-order valence-electron chi connectivity index (χ4n) is 4.84. The second-order valence-electron chi connectivity index (χ2n) is 9.54. The van der Waals surface area contributed by atoms with Gasteiger partial charge in [0, 0.05) is 49.8 Å². The SMILES string of the molecule is CC(=O)Nc1ccc(C(=O)N2C[C@H](c3ccc(Cl)c(Cl)c3)[C@@H](N(C)Cc3ccc(C(F)(F)F)c(F)c3)C2)cc1. The van der Waals surface area contributed by atoms with Gasteiger partial charge in [-0.3, -0.25) is 14.5 Å². The van der Waals surface area contributed by atoms with E-state index in [0.29, 0.717) is 39.9 Å². The Balaban J connectivity index is 1.59. The van der Waals surface area contributed by atoms with Gasteiger partial charge in [0.2, 0.25) is 5.91 Å². The average Bonchev–Trinajstić information content (AvgIpc) is 3.30. The molecule has 1 saturated heterocycles. The van der Waals surface area contributed by atoms with Crippen LogP contribution in [0.2, 0.25) is 10.0 Å². The predicted molar refractivity (Wildman–Crippen MR) is 143 cm³/mol. The number of hydrogen-bond acceptors (Lipinski definition) is 3. The summed E-state index contributed by atoms with van der Waals surface area (Å²) >= 11 is 12.4. The molecule has 1 aliphatic heterocycles. The van der Waals surface area contributed by atoms with E-state index in [1.54, 1.807) is 48.3 Å². The quantitative estimate of drug-likeness (QED) is 0.324. The van der Waals surface area contributed by atoms with Gasteiger partial charge in [-0.05, 0) is 66.7 Å². The molecule has 0 bridgehead atoms. The molecular weight excluding hydrogens is 557 g/mol. The van der Waals surface area contributed by atoms with Crippen LogP contribution in [-0.2, 0) is 17.5 Å². The van der Waals surface area contributed by atoms with Crippen LogP contribution in [0.25, 0.3) is 0 Å². The first-order chi connectivity index (χ1) is 18.3. The van der Waals surface area contributed by atoms with Crippen molar-refractivity contribution < 1.29 is 27.2 Å². The maximum absolute atomic E-state index is 14.2. The molecule has 0 aliphatic carbocycles. The number of amides is 2. The van der Waals surface area contributed by atoms with Crippen LogP contribution in [0.4, 0.5) is 23.2 Å². The van der Waals surface area contributed by atoms with Gasteiger partial charge in [0.15, 0.2) is 0 Å². The molecule has 39 heavy (non-hydrogen) atoms. The fraction of sp³-hybridized carbons (Fsp3) is 0.286. The van der Waals surface area contributed by atoms with Crippen molar-refractivity contribution in [2.45, 2.75) is 31.6 Å². The van der Waals surface area contributed by atoms with Crippen molar-refractivity contribution in [3.05, 3.63) is 98.8 Å². The number of carbonyl (C=O) groups is 2. The van der Waals surface area contributed by atoms with Gasteiger partial charge >= 0.3 is 6.18 Å². The lowest BCUT2D eigenvalue weighted by Gasteiger charge is -2.29. The zero-order valence-corrected chi connectivity index (χ0v) is 22.5. The summed E-state index contributed by atoms with van der Waals surface area (Å²) in [6, 6.07) is 14.4. The second kappa shape index (κ2) is 11.5. The largest absolute Gasteiger partial charge is 0.419 e. The summed E-state index contributed by atoms with van der Waals surface area (Å²) in [4.78, 5) is 28.3. The zero-order chi connectivity index (χ0) is 28.5. The number of carbonyl (C=O) groups excluding carboxylic acids is 2. The number of likely N-dealkylation sites (N-methyl/N-ethyl adjacent to an activating group) is 1. The molecule has 5 nitrogen and oxygen atoms in total. The van der Waals surface area contributed by atoms with Crippen molar-refractivity contribution in [2.75, 3.05) is 25.5 Å². The van der Waals surface area contributed by atoms with Crippen LogP contribution in [-0.4, -0.2) is 47.8 Å². The molecule has 3 aromatic carbocycles. The highest BCUT2D eigenvalue weighted by Crippen LogP contribution is 2.36. The van der Waals surface area contributed by atoms with Crippen molar-refractivity contribution in [2.24, 2.45) is 0 Å². The Morgan fingerprint density at radius 1 is 1.00 bits per heavy atom. The molecule has 11 heteroatoms. The zero-order valence-electron chi connectivity index (χ0n) is 21.0. The Labute approximate surface area is 233 Å². The number of alkyl halides is 3. The van der Waals surface area contributed by atoms with Crippen LogP contribution in [0.3, 0.4) is 0 Å². The first kappa shape index (κ1) is 28.9. The molecule has 2 amide bonds. The number of likely N-dealkylation sites (tertiary alicyclic amines) is 1. The molecule has 206 valence electrons. The molecule has 0 saturated carbocycles. The number of benzene rings is 3. The van der Waals surface area contributed by atoms with Crippen molar-refractivity contribution in [1.82, 2.24) is 9.80 Å². The number of halogens is 6. The highest BCUT2D eigenvalue weighted by molar-refractivity contribution is 6.42. The number of hydrogen-bond donors (Lipinski definition) is 1. The second-order valence-corrected chi connectivity index (χ2v) is 10.4. The third-order valence-corrected chi connectivity index (χ3v) is 7.48. The Morgan fingerprint density at radius 3 is 2.28 bits per heavy atom. The minimum absolute atomic E-state index is 0.158. The summed E-state index contributed by atoms with van der Waals surface area (Å²) in [5.74, 6) is -1.98. The van der Waals surface area contributed by atoms with E-state index >= 15 is 0 Å². The number of rotatable bonds is 6. The van der Waals surface area contributed by atoms with Gasteiger partial charge in [0.1, 0.15) is 5.82 Å². The summed E-state index contributed by atoms with van der Waals surface area (Å²) in [6.07, 6.45) is -4.78. The van der Waals surface area contributed by atoms with Gasteiger partial charge in [-0.2, -0.15) is 13.2 Å². The third-order valence-electron chi connectivity index (χ3n) is 6.74. The summed E-state index contributed by atoms with van der Waals surface area (Å²) in [5.41, 5.74) is 0.899. The van der Waals surface area contributed by atoms with Gasteiger partial charge in [-0.25, -0.2) is 4.39 Å². The van der Waals surface area contributed by atoms with Crippen molar-refractivity contribution in [3.63, 3.8) is 0 Å². The average molecular weight is 582 g/mol. The highest BCUT2D eigenvalue weighted by Gasteiger charge is 2.39. The minimum atomic E-state index is -4.78. The van der Waals surface area contributed by atoms with Crippen LogP contribution in [0, 0.1) is 5.82 Å². The summed E-state index contributed by atoms with van der Waals surface area (Å²) < 4.78 is 53.2. The first-order valence-electron chi connectivity index (χ1n) is 12.0. The molecule has 2 atom stereocenters. The Kier molecular flexibility index (Phi) is 8.54. The number of nitrogens with one attached hydrogen (secondary N) is 1. The molecule has 0 aromatic heterocycles. The van der Waals surface area contributed by atoms with Gasteiger partial charge < -0.3 is 10.2 Å². The molecule has 1 heterocycles. The monoisotopic (exact) mass is 581 g/mol. The topological polar surface area (TPSA) is 52.7 Å². The maximum atomic E-state index is 14.2. The van der Waals surface area contributed by atoms with E-state index in [9.17, 15) is 27.2 Å². The van der Waals surface area contributed by atoms with E-state index in [4.69, 9.17) is 23.2 Å². The smallest absolute Gasteiger partial charge is 0.336 e. The predicted octanol–water partition coefficient (Wildman–Crippen LogP) is 6.85. The van der Waals surface area contributed by atoms with Gasteiger partial charge in [-0.15, -0.1) is 0 Å². The molecule has 1 fully saturated rings. The van der Waals surface area contributed by atoms with Gasteiger partial charge in [0.05, 0.1) is 15.6 Å². The van der Waals surface area contributed by atoms with E-state index in [1.807, 2.05) is 11.0 Å². The van der Waals surface area contributed by atoms with Gasteiger partial charge in [-0.1, -0.05) is 35.3 Å². The van der Waals surface area contributed by atoms with Gasteiger partial charge in [0.25, 0.3) is 5.91 Å². The lowest BCUT2D eigenvalue weighted by molar-refractivity contribution is -0.140. The third kappa shape index (κ3) is 6.72. The van der Waals surface area contributed by atoms with Crippen LogP contribution in [0.1, 0.15) is 39.9 Å². The molecule has 0 spiro atoms. The van der Waals surface area contributed by atoms with E-state index in [1.165, 1.54) is 13.0 Å². The van der Waals surface area contributed by atoms with E-state index in [0.717, 1.165) is 17.7 Å². The van der Waals surface area contributed by atoms with E-state index in [-0.39, 0.29) is 30.3 Å². The first-order valence-corrected chi connectivity index (χ1v) is 12.8. The molecule has 0 unspecified atom stereocenters. The van der Waals surface area contributed by atoms with E-state index in [2.05, 4.69) is 5.32 Å². The Hall–Kier alpha value is -3.14. The normalized spacial score (nSPS) is 17.5. The standard InChI is InChI=1S/C28H25Cl2F4N3O2/c1-16(38)35-20-7-4-18(5-8-20)27(39)37-14-21(19-6-10-23(29)24(30)12-19)26(15-37)36(2)13-17-3-9-22(25(31)11-17)28(32,33)34/h3-12,21,26H,13-15H2,1-2H3,(H,35,38)/t21-,26+/m1/s1. The Morgan fingerprint density at radius 2 is 1.69 bits per heavy atom. The number of nitrogens with zero attached hydrogens (tertiary/aromatic N) is 2. The van der Waals surface area contributed by atoms with Crippen molar-refractivity contribution >= 4 is 40.7 Å². The molecule has 3 aromatic rings. The lowest BCUT2D eigenvalue weighted by Crippen LogP contribution is -2.38. The summed E-state index contributed by atoms with van der Waals surface area (Å²) in [5, 5.41) is 3.40. The van der Waals surface area contributed by atoms with E-state index < -0.39 is 17.6 Å². The molecule has 1 aliphatic rings. The molecule has 4 rings (SSSR count).